The van der Waals surface area contributed by atoms with Crippen molar-refractivity contribution in [2.75, 3.05) is 18.4 Å². The van der Waals surface area contributed by atoms with Gasteiger partial charge in [0.25, 0.3) is 5.91 Å². The van der Waals surface area contributed by atoms with Crippen molar-refractivity contribution in [3.8, 4) is 5.75 Å². The molecule has 1 N–H and O–H groups in total. The molecule has 0 unspecified atom stereocenters. The second-order valence-electron chi connectivity index (χ2n) is 8.18. The Kier molecular flexibility index (Phi) is 6.83. The number of carbonyl (C=O) groups is 1. The van der Waals surface area contributed by atoms with Crippen LogP contribution < -0.4 is 10.1 Å². The van der Waals surface area contributed by atoms with E-state index in [-0.39, 0.29) is 16.9 Å². The number of benzene rings is 2. The fourth-order valence-electron chi connectivity index (χ4n) is 3.50. The van der Waals surface area contributed by atoms with Crippen LogP contribution in [-0.2, 0) is 10.0 Å². The average Bonchev–Trinajstić information content (AvgIpc) is 2.69. The molecule has 30 heavy (non-hydrogen) atoms. The van der Waals surface area contributed by atoms with Crippen molar-refractivity contribution in [3.63, 3.8) is 0 Å². The van der Waals surface area contributed by atoms with Gasteiger partial charge in [-0.25, -0.2) is 8.42 Å². The first-order valence-corrected chi connectivity index (χ1v) is 11.8. The van der Waals surface area contributed by atoms with E-state index >= 15 is 0 Å². The van der Waals surface area contributed by atoms with Crippen molar-refractivity contribution in [1.29, 1.82) is 0 Å². The monoisotopic (exact) mass is 430 g/mol. The third kappa shape index (κ3) is 5.02. The van der Waals surface area contributed by atoms with Gasteiger partial charge in [-0.1, -0.05) is 25.1 Å². The summed E-state index contributed by atoms with van der Waals surface area (Å²) in [6.07, 6.45) is 1.67. The van der Waals surface area contributed by atoms with Crippen LogP contribution in [0.15, 0.2) is 47.4 Å². The van der Waals surface area contributed by atoms with Crippen LogP contribution in [-0.4, -0.2) is 37.8 Å². The van der Waals surface area contributed by atoms with E-state index in [4.69, 9.17) is 4.74 Å². The maximum absolute atomic E-state index is 13.1. The van der Waals surface area contributed by atoms with Gasteiger partial charge in [0.1, 0.15) is 5.75 Å². The van der Waals surface area contributed by atoms with Crippen LogP contribution in [0.3, 0.4) is 0 Å². The van der Waals surface area contributed by atoms with Crippen molar-refractivity contribution in [2.24, 2.45) is 5.92 Å². The van der Waals surface area contributed by atoms with E-state index in [1.165, 1.54) is 10.4 Å². The van der Waals surface area contributed by atoms with Gasteiger partial charge in [-0.15, -0.1) is 0 Å². The van der Waals surface area contributed by atoms with Crippen LogP contribution in [0.5, 0.6) is 5.75 Å². The fourth-order valence-corrected chi connectivity index (χ4v) is 4.99. The SMILES string of the molecule is Cc1ccc(S(=O)(=O)N2CCC(C)CC2)cc1C(=O)Nc1ccccc1OC(C)C. The van der Waals surface area contributed by atoms with Crippen molar-refractivity contribution < 1.29 is 17.9 Å². The summed E-state index contributed by atoms with van der Waals surface area (Å²) in [5.41, 5.74) is 1.59. The molecule has 1 fully saturated rings. The van der Waals surface area contributed by atoms with Gasteiger partial charge >= 0.3 is 0 Å². The van der Waals surface area contributed by atoms with Crippen molar-refractivity contribution >= 4 is 21.6 Å². The Hall–Kier alpha value is -2.38. The van der Waals surface area contributed by atoms with Crippen LogP contribution in [0.1, 0.15) is 49.5 Å². The molecule has 0 bridgehead atoms. The molecule has 0 aliphatic carbocycles. The van der Waals surface area contributed by atoms with Gasteiger partial charge < -0.3 is 10.1 Å². The van der Waals surface area contributed by atoms with Gasteiger partial charge in [0.15, 0.2) is 0 Å². The molecular weight excluding hydrogens is 400 g/mol. The molecule has 2 aromatic rings. The van der Waals surface area contributed by atoms with Gasteiger partial charge in [0.2, 0.25) is 10.0 Å². The number of ether oxygens (including phenoxy) is 1. The van der Waals surface area contributed by atoms with Gasteiger partial charge in [-0.05, 0) is 69.4 Å². The largest absolute Gasteiger partial charge is 0.489 e. The number of hydrogen-bond acceptors (Lipinski definition) is 4. The van der Waals surface area contributed by atoms with E-state index in [0.717, 1.165) is 12.8 Å². The molecule has 0 aromatic heterocycles. The van der Waals surface area contributed by atoms with E-state index in [9.17, 15) is 13.2 Å². The average molecular weight is 431 g/mol. The van der Waals surface area contributed by atoms with E-state index in [2.05, 4.69) is 12.2 Å². The zero-order chi connectivity index (χ0) is 21.9. The lowest BCUT2D eigenvalue weighted by Crippen LogP contribution is -2.38. The van der Waals surface area contributed by atoms with Gasteiger partial charge in [-0.3, -0.25) is 4.79 Å². The summed E-state index contributed by atoms with van der Waals surface area (Å²) < 4.78 is 33.5. The van der Waals surface area contributed by atoms with Gasteiger partial charge in [-0.2, -0.15) is 4.31 Å². The van der Waals surface area contributed by atoms with Crippen LogP contribution in [0, 0.1) is 12.8 Å². The zero-order valence-corrected chi connectivity index (χ0v) is 18.8. The lowest BCUT2D eigenvalue weighted by atomic mass is 10.0. The van der Waals surface area contributed by atoms with Crippen molar-refractivity contribution in [2.45, 2.75) is 51.5 Å². The molecule has 0 spiro atoms. The molecule has 2 aromatic carbocycles. The summed E-state index contributed by atoms with van der Waals surface area (Å²) in [4.78, 5) is 13.1. The normalized spacial score (nSPS) is 15.9. The number of nitrogens with zero attached hydrogens (tertiary/aromatic N) is 1. The number of piperidine rings is 1. The third-order valence-corrected chi connectivity index (χ3v) is 7.23. The molecule has 0 radical (unpaired) electrons. The first kappa shape index (κ1) is 22.3. The highest BCUT2D eigenvalue weighted by Gasteiger charge is 2.29. The number of rotatable bonds is 6. The topological polar surface area (TPSA) is 75.7 Å². The number of aryl methyl sites for hydroxylation is 1. The molecule has 6 nitrogen and oxygen atoms in total. The maximum Gasteiger partial charge on any atom is 0.256 e. The third-order valence-electron chi connectivity index (χ3n) is 5.33. The second kappa shape index (κ2) is 9.18. The molecule has 1 amide bonds. The molecule has 1 heterocycles. The van der Waals surface area contributed by atoms with Crippen molar-refractivity contribution in [1.82, 2.24) is 4.31 Å². The number of hydrogen-bond donors (Lipinski definition) is 1. The summed E-state index contributed by atoms with van der Waals surface area (Å²) >= 11 is 0. The number of carbonyl (C=O) groups excluding carboxylic acids is 1. The number of anilines is 1. The van der Waals surface area contributed by atoms with E-state index in [1.54, 1.807) is 31.2 Å². The molecule has 1 aliphatic rings. The molecule has 1 aliphatic heterocycles. The first-order valence-electron chi connectivity index (χ1n) is 10.4. The summed E-state index contributed by atoms with van der Waals surface area (Å²) in [5.74, 6) is 0.741. The number of amides is 1. The second-order valence-corrected chi connectivity index (χ2v) is 10.1. The zero-order valence-electron chi connectivity index (χ0n) is 18.0. The highest BCUT2D eigenvalue weighted by molar-refractivity contribution is 7.89. The van der Waals surface area contributed by atoms with E-state index in [0.29, 0.717) is 41.6 Å². The Bertz CT molecular complexity index is 1010. The van der Waals surface area contributed by atoms with Gasteiger partial charge in [0, 0.05) is 18.7 Å². The molecule has 0 saturated carbocycles. The minimum Gasteiger partial charge on any atom is -0.489 e. The Morgan fingerprint density at radius 1 is 1.13 bits per heavy atom. The Morgan fingerprint density at radius 3 is 2.47 bits per heavy atom. The molecule has 0 atom stereocenters. The molecule has 1 saturated heterocycles. The Labute approximate surface area is 179 Å². The van der Waals surface area contributed by atoms with Crippen molar-refractivity contribution in [3.05, 3.63) is 53.6 Å². The molecule has 7 heteroatoms. The standard InChI is InChI=1S/C23H30N2O4S/c1-16(2)29-22-8-6-5-7-21(22)24-23(26)20-15-19(10-9-18(20)4)30(27,28)25-13-11-17(3)12-14-25/h5-10,15-17H,11-14H2,1-4H3,(H,24,26). The number of sulfonamides is 1. The first-order chi connectivity index (χ1) is 14.2. The smallest absolute Gasteiger partial charge is 0.256 e. The Balaban J connectivity index is 1.86. The fraction of sp³-hybridized carbons (Fsp3) is 0.435. The summed E-state index contributed by atoms with van der Waals surface area (Å²) in [6.45, 7) is 8.79. The van der Waals surface area contributed by atoms with Crippen LogP contribution in [0.25, 0.3) is 0 Å². The molecule has 3 rings (SSSR count). The van der Waals surface area contributed by atoms with E-state index in [1.807, 2.05) is 26.0 Å². The minimum atomic E-state index is -3.63. The van der Waals surface area contributed by atoms with Crippen LogP contribution in [0.2, 0.25) is 0 Å². The van der Waals surface area contributed by atoms with Crippen LogP contribution >= 0.6 is 0 Å². The quantitative estimate of drug-likeness (QED) is 0.734. The molecular formula is C23H30N2O4S. The van der Waals surface area contributed by atoms with Gasteiger partial charge in [0.05, 0.1) is 16.7 Å². The predicted molar refractivity (Wildman–Crippen MR) is 118 cm³/mol. The maximum atomic E-state index is 13.1. The summed E-state index contributed by atoms with van der Waals surface area (Å²) in [5, 5.41) is 2.86. The highest BCUT2D eigenvalue weighted by Crippen LogP contribution is 2.28. The summed E-state index contributed by atoms with van der Waals surface area (Å²) in [7, 11) is -3.63. The molecule has 162 valence electrons. The highest BCUT2D eigenvalue weighted by atomic mass is 32.2. The minimum absolute atomic E-state index is 0.0366. The lowest BCUT2D eigenvalue weighted by Gasteiger charge is -2.29. The Morgan fingerprint density at radius 2 is 1.80 bits per heavy atom. The van der Waals surface area contributed by atoms with E-state index < -0.39 is 10.0 Å². The number of para-hydroxylation sites is 2. The van der Waals surface area contributed by atoms with Crippen LogP contribution in [0.4, 0.5) is 5.69 Å². The summed E-state index contributed by atoms with van der Waals surface area (Å²) in [6, 6.07) is 11.9. The lowest BCUT2D eigenvalue weighted by molar-refractivity contribution is 0.102. The predicted octanol–water partition coefficient (Wildman–Crippen LogP) is 4.46. The number of nitrogens with one attached hydrogen (secondary N) is 1.